The van der Waals surface area contributed by atoms with Crippen molar-refractivity contribution in [1.29, 1.82) is 0 Å². The van der Waals surface area contributed by atoms with Gasteiger partial charge in [-0.15, -0.1) is 0 Å². The molecule has 2 N–H and O–H groups in total. The van der Waals surface area contributed by atoms with Crippen LogP contribution < -0.4 is 10.6 Å². The van der Waals surface area contributed by atoms with Crippen LogP contribution in [0.15, 0.2) is 60.7 Å². The van der Waals surface area contributed by atoms with E-state index in [4.69, 9.17) is 9.47 Å². The molecule has 164 valence electrons. The van der Waals surface area contributed by atoms with Gasteiger partial charge in [0.15, 0.2) is 5.79 Å². The fourth-order valence-electron chi connectivity index (χ4n) is 3.83. The van der Waals surface area contributed by atoms with E-state index in [9.17, 15) is 0 Å². The normalized spacial score (nSPS) is 19.9. The molecule has 2 aromatic carbocycles. The van der Waals surface area contributed by atoms with Gasteiger partial charge in [0.05, 0.1) is 13.2 Å². The molecule has 30 heavy (non-hydrogen) atoms. The molecule has 3 rings (SSSR count). The molecule has 0 aromatic heterocycles. The highest BCUT2D eigenvalue weighted by Gasteiger charge is 2.40. The molecule has 0 saturated carbocycles. The monoisotopic (exact) mass is 410 g/mol. The third kappa shape index (κ3) is 6.64. The van der Waals surface area contributed by atoms with Crippen molar-refractivity contribution in [2.24, 2.45) is 5.41 Å². The highest BCUT2D eigenvalue weighted by atomic mass is 16.7. The van der Waals surface area contributed by atoms with E-state index in [-0.39, 0.29) is 5.41 Å². The van der Waals surface area contributed by atoms with Gasteiger partial charge in [-0.2, -0.15) is 0 Å². The number of hydrogen-bond acceptors (Lipinski definition) is 4. The zero-order chi connectivity index (χ0) is 21.5. The van der Waals surface area contributed by atoms with Crippen LogP contribution in [0.5, 0.6) is 0 Å². The van der Waals surface area contributed by atoms with E-state index in [0.717, 1.165) is 39.1 Å². The van der Waals surface area contributed by atoms with E-state index in [1.165, 1.54) is 11.1 Å². The highest BCUT2D eigenvalue weighted by molar-refractivity contribution is 5.18. The van der Waals surface area contributed by atoms with Crippen molar-refractivity contribution in [2.45, 2.75) is 58.4 Å². The fraction of sp³-hybridized carbons (Fsp3) is 0.538. The molecule has 1 aliphatic rings. The van der Waals surface area contributed by atoms with Crippen LogP contribution >= 0.6 is 0 Å². The summed E-state index contributed by atoms with van der Waals surface area (Å²) in [5, 5.41) is 7.27. The van der Waals surface area contributed by atoms with Crippen LogP contribution in [-0.2, 0) is 9.47 Å². The second-order valence-corrected chi connectivity index (χ2v) is 9.33. The average Bonchev–Trinajstić information content (AvgIpc) is 2.77. The van der Waals surface area contributed by atoms with Crippen LogP contribution in [0.1, 0.15) is 63.7 Å². The standard InChI is InChI=1S/C26H38N2O2/c1-21(23-11-7-5-8-12-23)27-17-15-26(29-19-25(3,4)20-30-26)16-18-28-22(2)24-13-9-6-10-14-24/h5-14,21-22,27-28H,15-20H2,1-4H3/t21-,22-/m1/s1. The van der Waals surface area contributed by atoms with Gasteiger partial charge in [0.2, 0.25) is 0 Å². The van der Waals surface area contributed by atoms with Gasteiger partial charge in [-0.05, 0) is 25.0 Å². The van der Waals surface area contributed by atoms with Crippen LogP contribution in [-0.4, -0.2) is 32.1 Å². The van der Waals surface area contributed by atoms with E-state index in [1.807, 2.05) is 0 Å². The van der Waals surface area contributed by atoms with Crippen LogP contribution in [0.3, 0.4) is 0 Å². The predicted molar refractivity (Wildman–Crippen MR) is 123 cm³/mol. The summed E-state index contributed by atoms with van der Waals surface area (Å²) in [5.74, 6) is -0.525. The molecule has 0 spiro atoms. The van der Waals surface area contributed by atoms with Crippen molar-refractivity contribution >= 4 is 0 Å². The SMILES string of the molecule is C[C@@H](NCCC1(CCN[C@H](C)c2ccccc2)OCC(C)(C)CO1)c1ccccc1. The first-order chi connectivity index (χ1) is 14.4. The molecule has 0 bridgehead atoms. The Labute approximate surface area is 182 Å². The van der Waals surface area contributed by atoms with Gasteiger partial charge >= 0.3 is 0 Å². The van der Waals surface area contributed by atoms with Gasteiger partial charge in [0.25, 0.3) is 0 Å². The molecule has 0 aliphatic carbocycles. The Bertz CT molecular complexity index is 685. The maximum Gasteiger partial charge on any atom is 0.170 e. The van der Waals surface area contributed by atoms with Crippen molar-refractivity contribution in [2.75, 3.05) is 26.3 Å². The van der Waals surface area contributed by atoms with Gasteiger partial charge < -0.3 is 20.1 Å². The Morgan fingerprint density at radius 2 is 1.13 bits per heavy atom. The van der Waals surface area contributed by atoms with Crippen LogP contribution in [0.2, 0.25) is 0 Å². The summed E-state index contributed by atoms with van der Waals surface area (Å²) >= 11 is 0. The lowest BCUT2D eigenvalue weighted by atomic mass is 9.93. The van der Waals surface area contributed by atoms with E-state index in [1.54, 1.807) is 0 Å². The van der Waals surface area contributed by atoms with Crippen LogP contribution in [0.4, 0.5) is 0 Å². The van der Waals surface area contributed by atoms with E-state index in [0.29, 0.717) is 12.1 Å². The number of nitrogens with one attached hydrogen (secondary N) is 2. The van der Waals surface area contributed by atoms with Crippen molar-refractivity contribution in [3.8, 4) is 0 Å². The summed E-state index contributed by atoms with van der Waals surface area (Å²) in [7, 11) is 0. The zero-order valence-corrected chi connectivity index (χ0v) is 19.0. The number of hydrogen-bond donors (Lipinski definition) is 2. The Hall–Kier alpha value is -1.72. The fourth-order valence-corrected chi connectivity index (χ4v) is 3.83. The third-order valence-electron chi connectivity index (χ3n) is 5.96. The van der Waals surface area contributed by atoms with Gasteiger partial charge in [-0.25, -0.2) is 0 Å². The zero-order valence-electron chi connectivity index (χ0n) is 19.0. The minimum absolute atomic E-state index is 0.0685. The van der Waals surface area contributed by atoms with E-state index < -0.39 is 5.79 Å². The molecule has 4 heteroatoms. The molecule has 1 fully saturated rings. The molecular formula is C26H38N2O2. The topological polar surface area (TPSA) is 42.5 Å². The molecule has 0 amide bonds. The van der Waals surface area contributed by atoms with Crippen LogP contribution in [0.25, 0.3) is 0 Å². The summed E-state index contributed by atoms with van der Waals surface area (Å²) in [4.78, 5) is 0. The summed E-state index contributed by atoms with van der Waals surface area (Å²) in [6, 6.07) is 21.7. The molecule has 1 aliphatic heterocycles. The Morgan fingerprint density at radius 1 is 0.733 bits per heavy atom. The molecule has 1 heterocycles. The van der Waals surface area contributed by atoms with Crippen molar-refractivity contribution in [3.63, 3.8) is 0 Å². The van der Waals surface area contributed by atoms with Gasteiger partial charge in [-0.3, -0.25) is 0 Å². The summed E-state index contributed by atoms with van der Waals surface area (Å²) in [6.07, 6.45) is 1.67. The number of rotatable bonds is 10. The summed E-state index contributed by atoms with van der Waals surface area (Å²) in [6.45, 7) is 12.0. The summed E-state index contributed by atoms with van der Waals surface area (Å²) in [5.41, 5.74) is 2.67. The van der Waals surface area contributed by atoms with Crippen molar-refractivity contribution in [3.05, 3.63) is 71.8 Å². The average molecular weight is 411 g/mol. The lowest BCUT2D eigenvalue weighted by Gasteiger charge is -2.44. The first-order valence-electron chi connectivity index (χ1n) is 11.2. The minimum Gasteiger partial charge on any atom is -0.349 e. The maximum absolute atomic E-state index is 6.35. The lowest BCUT2D eigenvalue weighted by molar-refractivity contribution is -0.303. The first kappa shape index (κ1) is 23.0. The molecule has 2 atom stereocenters. The largest absolute Gasteiger partial charge is 0.349 e. The molecule has 2 aromatic rings. The molecule has 0 unspecified atom stereocenters. The summed E-state index contributed by atoms with van der Waals surface area (Å²) < 4.78 is 12.7. The molecule has 0 radical (unpaired) electrons. The second-order valence-electron chi connectivity index (χ2n) is 9.33. The van der Waals surface area contributed by atoms with Crippen LogP contribution in [0, 0.1) is 5.41 Å². The Kier molecular flexibility index (Phi) is 8.06. The third-order valence-corrected chi connectivity index (χ3v) is 5.96. The molecule has 1 saturated heterocycles. The second kappa shape index (κ2) is 10.5. The van der Waals surface area contributed by atoms with Gasteiger partial charge in [0, 0.05) is 43.4 Å². The molecular weight excluding hydrogens is 372 g/mol. The first-order valence-corrected chi connectivity index (χ1v) is 11.2. The Balaban J connectivity index is 1.53. The molecule has 4 nitrogen and oxygen atoms in total. The minimum atomic E-state index is -0.525. The quantitative estimate of drug-likeness (QED) is 0.562. The van der Waals surface area contributed by atoms with E-state index in [2.05, 4.69) is 99.0 Å². The van der Waals surface area contributed by atoms with Crippen molar-refractivity contribution < 1.29 is 9.47 Å². The predicted octanol–water partition coefficient (Wildman–Crippen LogP) is 5.24. The number of benzene rings is 2. The van der Waals surface area contributed by atoms with E-state index >= 15 is 0 Å². The lowest BCUT2D eigenvalue weighted by Crippen LogP contribution is -2.50. The maximum atomic E-state index is 6.35. The van der Waals surface area contributed by atoms with Gasteiger partial charge in [-0.1, -0.05) is 74.5 Å². The smallest absolute Gasteiger partial charge is 0.170 e. The van der Waals surface area contributed by atoms with Gasteiger partial charge in [0.1, 0.15) is 0 Å². The number of ether oxygens (including phenoxy) is 2. The Morgan fingerprint density at radius 3 is 1.53 bits per heavy atom. The highest BCUT2D eigenvalue weighted by Crippen LogP contribution is 2.34. The van der Waals surface area contributed by atoms with Crippen molar-refractivity contribution in [1.82, 2.24) is 10.6 Å².